The van der Waals surface area contributed by atoms with Crippen molar-refractivity contribution in [2.45, 2.75) is 12.8 Å². The number of hydrogen-bond donors (Lipinski definition) is 2. The predicted molar refractivity (Wildman–Crippen MR) is 113 cm³/mol. The van der Waals surface area contributed by atoms with Crippen LogP contribution in [0.2, 0.25) is 10.0 Å². The third-order valence-electron chi connectivity index (χ3n) is 3.83. The Labute approximate surface area is 183 Å². The number of nitrogens with one attached hydrogen (secondary N) is 2. The Morgan fingerprint density at radius 1 is 0.900 bits per heavy atom. The SMILES string of the molecule is COc1ccc(OC)c(NC(=O)COC(=O)CCC(=O)Nc2cccc(Cl)c2Cl)c1. The number of benzene rings is 2. The van der Waals surface area contributed by atoms with Crippen molar-refractivity contribution in [3.63, 3.8) is 0 Å². The van der Waals surface area contributed by atoms with Crippen LogP contribution in [0.15, 0.2) is 36.4 Å². The zero-order valence-corrected chi connectivity index (χ0v) is 17.8. The average Bonchev–Trinajstić information content (AvgIpc) is 2.74. The minimum atomic E-state index is -0.699. The van der Waals surface area contributed by atoms with Crippen LogP contribution in [-0.4, -0.2) is 38.6 Å². The van der Waals surface area contributed by atoms with Crippen molar-refractivity contribution in [3.8, 4) is 11.5 Å². The second kappa shape index (κ2) is 11.3. The molecule has 8 nitrogen and oxygen atoms in total. The number of ether oxygens (including phenoxy) is 3. The summed E-state index contributed by atoms with van der Waals surface area (Å²) in [4.78, 5) is 35.8. The van der Waals surface area contributed by atoms with Crippen LogP contribution in [0.4, 0.5) is 11.4 Å². The van der Waals surface area contributed by atoms with Gasteiger partial charge < -0.3 is 24.8 Å². The molecule has 2 amide bonds. The van der Waals surface area contributed by atoms with Crippen molar-refractivity contribution in [3.05, 3.63) is 46.4 Å². The van der Waals surface area contributed by atoms with Crippen LogP contribution in [-0.2, 0) is 19.1 Å². The molecule has 0 aliphatic heterocycles. The van der Waals surface area contributed by atoms with Crippen LogP contribution in [0.5, 0.6) is 11.5 Å². The van der Waals surface area contributed by atoms with Crippen LogP contribution in [0.25, 0.3) is 0 Å². The van der Waals surface area contributed by atoms with Crippen molar-refractivity contribution < 1.29 is 28.6 Å². The minimum Gasteiger partial charge on any atom is -0.497 e. The van der Waals surface area contributed by atoms with Crippen LogP contribution >= 0.6 is 23.2 Å². The van der Waals surface area contributed by atoms with Gasteiger partial charge in [0, 0.05) is 12.5 Å². The van der Waals surface area contributed by atoms with Gasteiger partial charge in [-0.25, -0.2) is 0 Å². The molecular formula is C20H20Cl2N2O6. The molecule has 0 fully saturated rings. The zero-order chi connectivity index (χ0) is 22.1. The average molecular weight is 455 g/mol. The lowest BCUT2D eigenvalue weighted by atomic mass is 10.2. The molecule has 2 aromatic rings. The Hall–Kier alpha value is -2.97. The number of halogens is 2. The number of carbonyl (C=O) groups is 3. The zero-order valence-electron chi connectivity index (χ0n) is 16.3. The smallest absolute Gasteiger partial charge is 0.306 e. The standard InChI is InChI=1S/C20H20Cl2N2O6/c1-28-12-6-7-16(29-2)15(10-12)24-18(26)11-30-19(27)9-8-17(25)23-14-5-3-4-13(21)20(14)22/h3-7,10H,8-9,11H2,1-2H3,(H,23,25)(H,24,26). The van der Waals surface area contributed by atoms with E-state index in [4.69, 9.17) is 37.4 Å². The summed E-state index contributed by atoms with van der Waals surface area (Å²) in [6.45, 7) is -0.513. The van der Waals surface area contributed by atoms with Gasteiger partial charge in [0.1, 0.15) is 11.5 Å². The number of anilines is 2. The maximum atomic E-state index is 12.0. The molecule has 0 aromatic heterocycles. The second-order valence-electron chi connectivity index (χ2n) is 5.92. The Kier molecular flexibility index (Phi) is 8.76. The molecule has 0 spiro atoms. The van der Waals surface area contributed by atoms with E-state index in [9.17, 15) is 14.4 Å². The van der Waals surface area contributed by atoms with Gasteiger partial charge in [0.15, 0.2) is 6.61 Å². The first-order valence-corrected chi connectivity index (χ1v) is 9.51. The lowest BCUT2D eigenvalue weighted by Gasteiger charge is -2.12. The number of amides is 2. The Morgan fingerprint density at radius 2 is 1.63 bits per heavy atom. The highest BCUT2D eigenvalue weighted by Gasteiger charge is 2.14. The molecule has 0 saturated heterocycles. The lowest BCUT2D eigenvalue weighted by Crippen LogP contribution is -2.22. The molecule has 2 N–H and O–H groups in total. The van der Waals surface area contributed by atoms with Gasteiger partial charge in [0.2, 0.25) is 5.91 Å². The highest BCUT2D eigenvalue weighted by Crippen LogP contribution is 2.30. The minimum absolute atomic E-state index is 0.146. The highest BCUT2D eigenvalue weighted by atomic mass is 35.5. The van der Waals surface area contributed by atoms with E-state index in [-0.39, 0.29) is 17.9 Å². The van der Waals surface area contributed by atoms with Crippen LogP contribution in [0, 0.1) is 0 Å². The predicted octanol–water partition coefficient (Wildman–Crippen LogP) is 3.91. The third-order valence-corrected chi connectivity index (χ3v) is 4.65. The Bertz CT molecular complexity index is 936. The van der Waals surface area contributed by atoms with Gasteiger partial charge in [0.25, 0.3) is 5.91 Å². The van der Waals surface area contributed by atoms with Crippen LogP contribution in [0.3, 0.4) is 0 Å². The summed E-state index contributed by atoms with van der Waals surface area (Å²) in [5.41, 5.74) is 0.713. The first-order chi connectivity index (χ1) is 14.3. The van der Waals surface area contributed by atoms with E-state index in [1.165, 1.54) is 14.2 Å². The molecule has 0 atom stereocenters. The van der Waals surface area contributed by atoms with E-state index in [1.807, 2.05) is 0 Å². The Balaban J connectivity index is 1.78. The fraction of sp³-hybridized carbons (Fsp3) is 0.250. The van der Waals surface area contributed by atoms with E-state index in [2.05, 4.69) is 10.6 Å². The molecule has 30 heavy (non-hydrogen) atoms. The van der Waals surface area contributed by atoms with Crippen molar-refractivity contribution >= 4 is 52.4 Å². The number of methoxy groups -OCH3 is 2. The largest absolute Gasteiger partial charge is 0.497 e. The summed E-state index contributed by atoms with van der Waals surface area (Å²) in [6, 6.07) is 9.68. The van der Waals surface area contributed by atoms with Gasteiger partial charge in [-0.2, -0.15) is 0 Å². The molecule has 0 radical (unpaired) electrons. The van der Waals surface area contributed by atoms with E-state index >= 15 is 0 Å². The van der Waals surface area contributed by atoms with Crippen molar-refractivity contribution in [2.75, 3.05) is 31.5 Å². The fourth-order valence-electron chi connectivity index (χ4n) is 2.34. The number of hydrogen-bond acceptors (Lipinski definition) is 6. The maximum absolute atomic E-state index is 12.0. The summed E-state index contributed by atoms with van der Waals surface area (Å²) < 4.78 is 15.2. The molecule has 160 valence electrons. The first kappa shape index (κ1) is 23.3. The third kappa shape index (κ3) is 6.82. The molecule has 0 aliphatic rings. The topological polar surface area (TPSA) is 103 Å². The quantitative estimate of drug-likeness (QED) is 0.556. The molecule has 0 saturated carbocycles. The van der Waals surface area contributed by atoms with Gasteiger partial charge in [-0.1, -0.05) is 29.3 Å². The molecule has 10 heteroatoms. The molecule has 0 heterocycles. The van der Waals surface area contributed by atoms with E-state index in [0.29, 0.717) is 27.9 Å². The van der Waals surface area contributed by atoms with Gasteiger partial charge in [0.05, 0.1) is 42.1 Å². The van der Waals surface area contributed by atoms with E-state index < -0.39 is 24.4 Å². The lowest BCUT2D eigenvalue weighted by molar-refractivity contribution is -0.147. The normalized spacial score (nSPS) is 10.1. The summed E-state index contributed by atoms with van der Waals surface area (Å²) >= 11 is 11.9. The highest BCUT2D eigenvalue weighted by molar-refractivity contribution is 6.44. The summed E-state index contributed by atoms with van der Waals surface area (Å²) in [6.07, 6.45) is -0.354. The van der Waals surface area contributed by atoms with Gasteiger partial charge in [-0.3, -0.25) is 14.4 Å². The molecule has 0 aliphatic carbocycles. The van der Waals surface area contributed by atoms with Crippen molar-refractivity contribution in [2.24, 2.45) is 0 Å². The van der Waals surface area contributed by atoms with Gasteiger partial charge in [-0.15, -0.1) is 0 Å². The van der Waals surface area contributed by atoms with Crippen molar-refractivity contribution in [1.29, 1.82) is 0 Å². The summed E-state index contributed by atoms with van der Waals surface area (Å²) in [7, 11) is 2.95. The van der Waals surface area contributed by atoms with Gasteiger partial charge >= 0.3 is 5.97 Å². The number of rotatable bonds is 9. The monoisotopic (exact) mass is 454 g/mol. The number of esters is 1. The molecule has 0 unspecified atom stereocenters. The number of carbonyl (C=O) groups excluding carboxylic acids is 3. The molecule has 2 aromatic carbocycles. The van der Waals surface area contributed by atoms with Crippen molar-refractivity contribution in [1.82, 2.24) is 0 Å². The van der Waals surface area contributed by atoms with Crippen LogP contribution < -0.4 is 20.1 Å². The fourth-order valence-corrected chi connectivity index (χ4v) is 2.69. The van der Waals surface area contributed by atoms with E-state index in [0.717, 1.165) is 0 Å². The van der Waals surface area contributed by atoms with E-state index in [1.54, 1.807) is 36.4 Å². The summed E-state index contributed by atoms with van der Waals surface area (Å²) in [5, 5.41) is 5.64. The summed E-state index contributed by atoms with van der Waals surface area (Å²) in [5.74, 6) is -0.761. The molecule has 0 bridgehead atoms. The first-order valence-electron chi connectivity index (χ1n) is 8.75. The second-order valence-corrected chi connectivity index (χ2v) is 6.71. The maximum Gasteiger partial charge on any atom is 0.306 e. The Morgan fingerprint density at radius 3 is 2.33 bits per heavy atom. The van der Waals surface area contributed by atoms with Gasteiger partial charge in [-0.05, 0) is 24.3 Å². The molecular weight excluding hydrogens is 435 g/mol. The molecule has 2 rings (SSSR count). The van der Waals surface area contributed by atoms with Crippen LogP contribution in [0.1, 0.15) is 12.8 Å².